The third kappa shape index (κ3) is 4.27. The molecule has 11 aromatic rings. The predicted molar refractivity (Wildman–Crippen MR) is 258 cm³/mol. The Morgan fingerprint density at radius 1 is 0.371 bits per heavy atom. The van der Waals surface area contributed by atoms with Gasteiger partial charge >= 0.3 is 0 Å². The fourth-order valence-electron chi connectivity index (χ4n) is 11.6. The molecule has 0 saturated carbocycles. The summed E-state index contributed by atoms with van der Waals surface area (Å²) in [5.74, 6) is 0. The van der Waals surface area contributed by atoms with E-state index >= 15 is 4.57 Å². The van der Waals surface area contributed by atoms with E-state index in [1.165, 1.54) is 82.8 Å². The molecule has 0 amide bonds. The summed E-state index contributed by atoms with van der Waals surface area (Å²) >= 11 is 0. The largest absolute Gasteiger partial charge is 0.309 e. The summed E-state index contributed by atoms with van der Waals surface area (Å²) in [6.45, 7) is 0. The Bertz CT molecular complexity index is 3790. The zero-order valence-electron chi connectivity index (χ0n) is 33.6. The molecular weight excluding hydrogens is 770 g/mol. The Morgan fingerprint density at radius 3 is 1.84 bits per heavy atom. The molecule has 1 aliphatic carbocycles. The maximum Gasteiger partial charge on any atom is 0.172 e. The van der Waals surface area contributed by atoms with Crippen LogP contribution >= 0.6 is 7.14 Å². The molecule has 2 atom stereocenters. The number of hydrogen-bond acceptors (Lipinski definition) is 1. The van der Waals surface area contributed by atoms with E-state index in [0.717, 1.165) is 38.2 Å². The molecule has 2 nitrogen and oxygen atoms in total. The van der Waals surface area contributed by atoms with Crippen molar-refractivity contribution in [1.29, 1.82) is 0 Å². The fourth-order valence-corrected chi connectivity index (χ4v) is 14.6. The molecule has 3 heteroatoms. The molecule has 0 fully saturated rings. The highest BCUT2D eigenvalue weighted by Gasteiger charge is 2.53. The van der Waals surface area contributed by atoms with Gasteiger partial charge in [-0.05, 0) is 120 Å². The van der Waals surface area contributed by atoms with Crippen molar-refractivity contribution in [3.8, 4) is 50.2 Å². The van der Waals surface area contributed by atoms with Crippen LogP contribution in [0.4, 0.5) is 0 Å². The summed E-state index contributed by atoms with van der Waals surface area (Å²) in [5.41, 5.74) is 17.3. The van der Waals surface area contributed by atoms with E-state index < -0.39 is 12.6 Å². The molecule has 1 unspecified atom stereocenters. The first-order valence-corrected chi connectivity index (χ1v) is 23.1. The first-order chi connectivity index (χ1) is 30.6. The number of rotatable bonds is 3. The van der Waals surface area contributed by atoms with Crippen LogP contribution < -0.4 is 15.9 Å². The van der Waals surface area contributed by atoms with Gasteiger partial charge in [-0.25, -0.2) is 0 Å². The number of para-hydroxylation sites is 3. The number of hydrogen-bond donors (Lipinski definition) is 0. The number of nitrogens with zero attached hydrogens (tertiary/aromatic N) is 1. The van der Waals surface area contributed by atoms with E-state index in [1.54, 1.807) is 0 Å². The van der Waals surface area contributed by atoms with Gasteiger partial charge in [0.15, 0.2) is 7.14 Å². The molecule has 1 aromatic heterocycles. The molecule has 0 bridgehead atoms. The second-order valence-electron chi connectivity index (χ2n) is 17.1. The Kier molecular flexibility index (Phi) is 6.79. The molecule has 1 spiro atoms. The first kappa shape index (κ1) is 34.2. The van der Waals surface area contributed by atoms with Crippen molar-refractivity contribution in [2.75, 3.05) is 0 Å². The van der Waals surface area contributed by atoms with Crippen LogP contribution in [0.25, 0.3) is 82.8 Å². The van der Waals surface area contributed by atoms with Crippen LogP contribution in [0.1, 0.15) is 22.3 Å². The van der Waals surface area contributed by atoms with Crippen molar-refractivity contribution in [2.45, 2.75) is 5.41 Å². The van der Waals surface area contributed by atoms with Gasteiger partial charge in [0.25, 0.3) is 0 Å². The smallest absolute Gasteiger partial charge is 0.172 e. The van der Waals surface area contributed by atoms with Crippen LogP contribution in [0.5, 0.6) is 0 Å². The van der Waals surface area contributed by atoms with Crippen LogP contribution in [-0.4, -0.2) is 4.57 Å². The molecule has 0 N–H and O–H groups in total. The summed E-state index contributed by atoms with van der Waals surface area (Å²) in [6.07, 6.45) is 0. The molecule has 10 aromatic carbocycles. The Balaban J connectivity index is 1.07. The third-order valence-corrected chi connectivity index (χ3v) is 17.3. The van der Waals surface area contributed by atoms with Crippen LogP contribution in [-0.2, 0) is 9.98 Å². The summed E-state index contributed by atoms with van der Waals surface area (Å²) in [6, 6.07) is 79.4. The lowest BCUT2D eigenvalue weighted by atomic mass is 9.65. The van der Waals surface area contributed by atoms with Crippen molar-refractivity contribution in [3.05, 3.63) is 241 Å². The first-order valence-electron chi connectivity index (χ1n) is 21.4. The maximum absolute atomic E-state index is 16.1. The van der Waals surface area contributed by atoms with Gasteiger partial charge in [-0.3, -0.25) is 0 Å². The van der Waals surface area contributed by atoms with Crippen LogP contribution in [0.2, 0.25) is 0 Å². The van der Waals surface area contributed by atoms with E-state index in [4.69, 9.17) is 0 Å². The number of aromatic nitrogens is 1. The quantitative estimate of drug-likeness (QED) is 0.163. The van der Waals surface area contributed by atoms with Crippen LogP contribution in [0.15, 0.2) is 218 Å². The molecule has 3 heterocycles. The maximum atomic E-state index is 16.1. The van der Waals surface area contributed by atoms with Gasteiger partial charge in [-0.1, -0.05) is 176 Å². The monoisotopic (exact) mass is 805 g/mol. The standard InChI is InChI=1S/C59H36NOP/c61-62(43-16-5-2-6-17-43)56-25-12-8-19-45(56)49-35-53-48(36-57(49)62)47-34-42(41-29-28-39-32-38(26-27-40(39)33-41)37-14-3-1-4-15-37)30-31-50(47)59(53)51-21-9-11-24-55(51)60-54-23-10-7-18-44(54)46-20-13-22-52(59)58(46)60/h1-36H/t59?,62-/m0/s1. The lowest BCUT2D eigenvalue weighted by Gasteiger charge is -2.39. The van der Waals surface area contributed by atoms with Gasteiger partial charge in [0.1, 0.15) is 0 Å². The normalized spacial score (nSPS) is 17.5. The molecule has 0 radical (unpaired) electrons. The second-order valence-corrected chi connectivity index (χ2v) is 19.8. The highest BCUT2D eigenvalue weighted by Crippen LogP contribution is 2.63. The van der Waals surface area contributed by atoms with Gasteiger partial charge in [-0.2, -0.15) is 0 Å². The van der Waals surface area contributed by atoms with Crippen LogP contribution in [0, 0.1) is 0 Å². The van der Waals surface area contributed by atoms with Gasteiger partial charge in [0.2, 0.25) is 0 Å². The highest BCUT2D eigenvalue weighted by molar-refractivity contribution is 7.86. The molecule has 14 rings (SSSR count). The van der Waals surface area contributed by atoms with E-state index in [-0.39, 0.29) is 0 Å². The van der Waals surface area contributed by atoms with E-state index in [1.807, 2.05) is 36.4 Å². The highest BCUT2D eigenvalue weighted by atomic mass is 31.2. The number of fused-ring (bicyclic) bond motifs is 16. The SMILES string of the molecule is O=[P@@]1(c2ccccc2)c2ccccc2-c2cc3c(cc21)-c1cc(-c2ccc4cc(-c5ccccc5)ccc4c2)ccc1C31c2ccccc2-n2c3ccccc3c3cccc1c32. The van der Waals surface area contributed by atoms with Crippen molar-refractivity contribution in [2.24, 2.45) is 0 Å². The third-order valence-electron chi connectivity index (χ3n) is 14.2. The minimum Gasteiger partial charge on any atom is -0.309 e. The summed E-state index contributed by atoms with van der Waals surface area (Å²) in [4.78, 5) is 0. The average molecular weight is 806 g/mol. The predicted octanol–water partition coefficient (Wildman–Crippen LogP) is 13.6. The summed E-state index contributed by atoms with van der Waals surface area (Å²) in [5, 5.41) is 7.65. The van der Waals surface area contributed by atoms with Gasteiger partial charge in [0, 0.05) is 26.7 Å². The minimum atomic E-state index is -3.21. The minimum absolute atomic E-state index is 0.635. The van der Waals surface area contributed by atoms with Crippen molar-refractivity contribution >= 4 is 55.6 Å². The van der Waals surface area contributed by atoms with Crippen LogP contribution in [0.3, 0.4) is 0 Å². The second kappa shape index (κ2) is 12.3. The topological polar surface area (TPSA) is 22.0 Å². The Morgan fingerprint density at radius 2 is 1.00 bits per heavy atom. The van der Waals surface area contributed by atoms with Crippen molar-refractivity contribution in [1.82, 2.24) is 4.57 Å². The molecule has 2 aliphatic heterocycles. The zero-order chi connectivity index (χ0) is 40.7. The molecule has 62 heavy (non-hydrogen) atoms. The zero-order valence-corrected chi connectivity index (χ0v) is 34.5. The fraction of sp³-hybridized carbons (Fsp3) is 0.0169. The summed E-state index contributed by atoms with van der Waals surface area (Å²) < 4.78 is 18.6. The average Bonchev–Trinajstić information content (AvgIpc) is 3.92. The number of benzene rings is 10. The molecule has 3 aliphatic rings. The van der Waals surface area contributed by atoms with E-state index in [9.17, 15) is 0 Å². The van der Waals surface area contributed by atoms with Crippen molar-refractivity contribution in [3.63, 3.8) is 0 Å². The lowest BCUT2D eigenvalue weighted by molar-refractivity contribution is 0.593. The van der Waals surface area contributed by atoms with Gasteiger partial charge < -0.3 is 9.13 Å². The van der Waals surface area contributed by atoms with E-state index in [2.05, 4.69) is 187 Å². The molecular formula is C59H36NOP. The van der Waals surface area contributed by atoms with Gasteiger partial charge in [0.05, 0.1) is 22.1 Å². The van der Waals surface area contributed by atoms with Crippen molar-refractivity contribution < 1.29 is 4.57 Å². The van der Waals surface area contributed by atoms with Gasteiger partial charge in [-0.15, -0.1) is 0 Å². The lowest BCUT2D eigenvalue weighted by Crippen LogP contribution is -2.33. The Labute approximate surface area is 359 Å². The Hall–Kier alpha value is -7.51. The summed E-state index contributed by atoms with van der Waals surface area (Å²) in [7, 11) is -3.21. The molecule has 288 valence electrons. The molecule has 0 saturated heterocycles. The van der Waals surface area contributed by atoms with E-state index in [0.29, 0.717) is 0 Å².